The topological polar surface area (TPSA) is 40.5 Å². The number of hydrogen-bond acceptors (Lipinski definition) is 2. The molecule has 3 heteroatoms. The zero-order chi connectivity index (χ0) is 16.3. The van der Waals surface area contributed by atoms with Crippen molar-refractivity contribution in [3.8, 4) is 0 Å². The number of rotatable bonds is 6. The number of carboxylic acids is 1. The fourth-order valence-corrected chi connectivity index (χ4v) is 3.55. The van der Waals surface area contributed by atoms with Crippen molar-refractivity contribution in [3.63, 3.8) is 0 Å². The van der Waals surface area contributed by atoms with Gasteiger partial charge in [0.2, 0.25) is 0 Å². The van der Waals surface area contributed by atoms with Crippen LogP contribution in [0.3, 0.4) is 0 Å². The maximum absolute atomic E-state index is 11.7. The van der Waals surface area contributed by atoms with Crippen LogP contribution in [-0.4, -0.2) is 34.6 Å². The van der Waals surface area contributed by atoms with Gasteiger partial charge < -0.3 is 5.11 Å². The molecule has 0 amide bonds. The van der Waals surface area contributed by atoms with Gasteiger partial charge in [0.05, 0.1) is 5.92 Å². The van der Waals surface area contributed by atoms with E-state index in [1.807, 2.05) is 6.07 Å². The van der Waals surface area contributed by atoms with Gasteiger partial charge in [0.15, 0.2) is 0 Å². The minimum absolute atomic E-state index is 0.0717. The largest absolute Gasteiger partial charge is 0.481 e. The third kappa shape index (κ3) is 3.70. The second-order valence-electron chi connectivity index (χ2n) is 7.29. The summed E-state index contributed by atoms with van der Waals surface area (Å²) in [6, 6.07) is 8.32. The van der Waals surface area contributed by atoms with E-state index in [0.29, 0.717) is 6.54 Å². The maximum Gasteiger partial charge on any atom is 0.308 e. The predicted octanol–water partition coefficient (Wildman–Crippen LogP) is 4.06. The van der Waals surface area contributed by atoms with Gasteiger partial charge in [-0.2, -0.15) is 0 Å². The summed E-state index contributed by atoms with van der Waals surface area (Å²) in [5, 5.41) is 9.65. The number of carbonyl (C=O) groups is 1. The van der Waals surface area contributed by atoms with Crippen LogP contribution in [0.25, 0.3) is 0 Å². The molecule has 1 aliphatic heterocycles. The highest BCUT2D eigenvalue weighted by Crippen LogP contribution is 2.38. The van der Waals surface area contributed by atoms with Crippen molar-refractivity contribution in [3.05, 3.63) is 35.4 Å². The van der Waals surface area contributed by atoms with Gasteiger partial charge in [-0.3, -0.25) is 9.69 Å². The van der Waals surface area contributed by atoms with E-state index in [1.165, 1.54) is 24.0 Å². The third-order valence-electron chi connectivity index (χ3n) is 5.11. The Morgan fingerprint density at radius 2 is 2.09 bits per heavy atom. The lowest BCUT2D eigenvalue weighted by atomic mass is 9.88. The number of unbranched alkanes of at least 4 members (excludes halogenated alkanes) is 1. The molecule has 2 rings (SSSR count). The van der Waals surface area contributed by atoms with E-state index in [4.69, 9.17) is 0 Å². The fourth-order valence-electron chi connectivity index (χ4n) is 3.55. The summed E-state index contributed by atoms with van der Waals surface area (Å²) in [5.41, 5.74) is 2.44. The summed E-state index contributed by atoms with van der Waals surface area (Å²) < 4.78 is 0. The van der Waals surface area contributed by atoms with Crippen molar-refractivity contribution in [2.75, 3.05) is 13.1 Å². The Hall–Kier alpha value is -1.35. The van der Waals surface area contributed by atoms with Crippen LogP contribution in [0.4, 0.5) is 0 Å². The van der Waals surface area contributed by atoms with Gasteiger partial charge in [-0.05, 0) is 32.8 Å². The van der Waals surface area contributed by atoms with Gasteiger partial charge in [-0.15, -0.1) is 0 Å². The number of aliphatic carboxylic acids is 1. The Kier molecular flexibility index (Phi) is 5.28. The average Bonchev–Trinajstić information content (AvgIpc) is 2.91. The number of carboxylic acid groups (broad SMARTS) is 1. The standard InChI is InChI=1S/C19H29NO2/c1-5-6-10-19(3,4)20-12-16(17(13-20)18(21)22)15-9-7-8-14(2)11-15/h7-9,11,16-17H,5-6,10,12-13H2,1-4H3,(H,21,22). The van der Waals surface area contributed by atoms with Crippen molar-refractivity contribution in [2.24, 2.45) is 5.92 Å². The number of aryl methyl sites for hydroxylation is 1. The Balaban J connectivity index is 2.21. The minimum Gasteiger partial charge on any atom is -0.481 e. The summed E-state index contributed by atoms with van der Waals surface area (Å²) >= 11 is 0. The van der Waals surface area contributed by atoms with Gasteiger partial charge in [0.1, 0.15) is 0 Å². The van der Waals surface area contributed by atoms with E-state index in [-0.39, 0.29) is 17.4 Å². The molecule has 22 heavy (non-hydrogen) atoms. The zero-order valence-electron chi connectivity index (χ0n) is 14.3. The molecule has 122 valence electrons. The van der Waals surface area contributed by atoms with Gasteiger partial charge in [-0.1, -0.05) is 49.6 Å². The highest BCUT2D eigenvalue weighted by molar-refractivity contribution is 5.72. The summed E-state index contributed by atoms with van der Waals surface area (Å²) in [6.07, 6.45) is 3.49. The first-order chi connectivity index (χ1) is 10.3. The number of benzene rings is 1. The van der Waals surface area contributed by atoms with Crippen molar-refractivity contribution in [1.82, 2.24) is 4.90 Å². The average molecular weight is 303 g/mol. The Morgan fingerprint density at radius 1 is 1.36 bits per heavy atom. The normalized spacial score (nSPS) is 22.9. The molecule has 1 N–H and O–H groups in total. The molecule has 1 aromatic carbocycles. The monoisotopic (exact) mass is 303 g/mol. The molecule has 0 aromatic heterocycles. The molecule has 0 bridgehead atoms. The van der Waals surface area contributed by atoms with Crippen LogP contribution in [0.1, 0.15) is 57.1 Å². The SMILES string of the molecule is CCCCC(C)(C)N1CC(C(=O)O)C(c2cccc(C)c2)C1. The molecular formula is C19H29NO2. The molecule has 0 saturated carbocycles. The summed E-state index contributed by atoms with van der Waals surface area (Å²) in [7, 11) is 0. The molecule has 1 heterocycles. The van der Waals surface area contributed by atoms with E-state index in [9.17, 15) is 9.90 Å². The number of likely N-dealkylation sites (tertiary alicyclic amines) is 1. The van der Waals surface area contributed by atoms with Gasteiger partial charge in [0.25, 0.3) is 0 Å². The van der Waals surface area contributed by atoms with Gasteiger partial charge in [0, 0.05) is 24.5 Å². The Morgan fingerprint density at radius 3 is 2.68 bits per heavy atom. The van der Waals surface area contributed by atoms with E-state index in [1.54, 1.807) is 0 Å². The van der Waals surface area contributed by atoms with Crippen LogP contribution < -0.4 is 0 Å². The van der Waals surface area contributed by atoms with Crippen LogP contribution in [-0.2, 0) is 4.79 Å². The lowest BCUT2D eigenvalue weighted by molar-refractivity contribution is -0.141. The molecular weight excluding hydrogens is 274 g/mol. The second kappa shape index (κ2) is 6.82. The molecule has 0 spiro atoms. The van der Waals surface area contributed by atoms with Crippen LogP contribution in [0.2, 0.25) is 0 Å². The first-order valence-corrected chi connectivity index (χ1v) is 8.39. The summed E-state index contributed by atoms with van der Waals surface area (Å²) in [4.78, 5) is 14.1. The van der Waals surface area contributed by atoms with Crippen LogP contribution >= 0.6 is 0 Å². The van der Waals surface area contributed by atoms with Gasteiger partial charge >= 0.3 is 5.97 Å². The van der Waals surface area contributed by atoms with Crippen LogP contribution in [0.5, 0.6) is 0 Å². The third-order valence-corrected chi connectivity index (χ3v) is 5.11. The smallest absolute Gasteiger partial charge is 0.308 e. The minimum atomic E-state index is -0.666. The molecule has 1 aliphatic rings. The van der Waals surface area contributed by atoms with Crippen molar-refractivity contribution in [1.29, 1.82) is 0 Å². The van der Waals surface area contributed by atoms with E-state index < -0.39 is 5.97 Å². The highest BCUT2D eigenvalue weighted by atomic mass is 16.4. The molecule has 2 atom stereocenters. The molecule has 1 fully saturated rings. The Bertz CT molecular complexity index is 524. The lowest BCUT2D eigenvalue weighted by Gasteiger charge is -2.36. The van der Waals surface area contributed by atoms with E-state index in [0.717, 1.165) is 13.0 Å². The van der Waals surface area contributed by atoms with Crippen molar-refractivity contribution >= 4 is 5.97 Å². The first-order valence-electron chi connectivity index (χ1n) is 8.39. The molecule has 3 nitrogen and oxygen atoms in total. The van der Waals surface area contributed by atoms with E-state index in [2.05, 4.69) is 50.8 Å². The van der Waals surface area contributed by atoms with Gasteiger partial charge in [-0.25, -0.2) is 0 Å². The zero-order valence-corrected chi connectivity index (χ0v) is 14.3. The van der Waals surface area contributed by atoms with Crippen LogP contribution in [0, 0.1) is 12.8 Å². The van der Waals surface area contributed by atoms with E-state index >= 15 is 0 Å². The molecule has 0 radical (unpaired) electrons. The maximum atomic E-state index is 11.7. The van der Waals surface area contributed by atoms with Crippen molar-refractivity contribution in [2.45, 2.75) is 58.4 Å². The lowest BCUT2D eigenvalue weighted by Crippen LogP contribution is -2.42. The predicted molar refractivity (Wildman–Crippen MR) is 90.2 cm³/mol. The van der Waals surface area contributed by atoms with Crippen LogP contribution in [0.15, 0.2) is 24.3 Å². The molecule has 0 aliphatic carbocycles. The molecule has 1 saturated heterocycles. The number of hydrogen-bond donors (Lipinski definition) is 1. The number of nitrogens with zero attached hydrogens (tertiary/aromatic N) is 1. The first kappa shape index (κ1) is 17.0. The Labute approximate surface area is 134 Å². The second-order valence-corrected chi connectivity index (χ2v) is 7.29. The quantitative estimate of drug-likeness (QED) is 0.861. The summed E-state index contributed by atoms with van der Waals surface area (Å²) in [5.74, 6) is -0.874. The molecule has 2 unspecified atom stereocenters. The summed E-state index contributed by atoms with van der Waals surface area (Å²) in [6.45, 7) is 10.3. The van der Waals surface area contributed by atoms with Crippen molar-refractivity contribution < 1.29 is 9.90 Å². The fraction of sp³-hybridized carbons (Fsp3) is 0.632. The highest BCUT2D eigenvalue weighted by Gasteiger charge is 2.43. The molecule has 1 aromatic rings.